The molecule has 0 amide bonds. The van der Waals surface area contributed by atoms with Gasteiger partial charge in [-0.05, 0) is 31.5 Å². The SMILES string of the molecule is CC1(C)COCCN1c1ccc(CCl)c(Br)c1. The van der Waals surface area contributed by atoms with E-state index in [2.05, 4.69) is 52.9 Å². The molecule has 1 heterocycles. The van der Waals surface area contributed by atoms with E-state index in [1.54, 1.807) is 0 Å². The van der Waals surface area contributed by atoms with Crippen LogP contribution in [0.25, 0.3) is 0 Å². The molecule has 4 heteroatoms. The van der Waals surface area contributed by atoms with Gasteiger partial charge in [-0.2, -0.15) is 0 Å². The highest BCUT2D eigenvalue weighted by Gasteiger charge is 2.30. The fraction of sp³-hybridized carbons (Fsp3) is 0.538. The summed E-state index contributed by atoms with van der Waals surface area (Å²) < 4.78 is 6.61. The maximum absolute atomic E-state index is 5.86. The summed E-state index contributed by atoms with van der Waals surface area (Å²) >= 11 is 9.43. The molecule has 0 aliphatic carbocycles. The number of halogens is 2. The van der Waals surface area contributed by atoms with E-state index in [0.29, 0.717) is 5.88 Å². The number of hydrogen-bond donors (Lipinski definition) is 0. The predicted molar refractivity (Wildman–Crippen MR) is 75.9 cm³/mol. The Morgan fingerprint density at radius 2 is 2.24 bits per heavy atom. The first kappa shape index (κ1) is 13.2. The molecule has 0 aromatic heterocycles. The molecule has 2 nitrogen and oxygen atoms in total. The molecule has 0 unspecified atom stereocenters. The Morgan fingerprint density at radius 3 is 2.82 bits per heavy atom. The van der Waals surface area contributed by atoms with Crippen molar-refractivity contribution in [1.29, 1.82) is 0 Å². The van der Waals surface area contributed by atoms with Gasteiger partial charge >= 0.3 is 0 Å². The van der Waals surface area contributed by atoms with Crippen molar-refractivity contribution in [2.24, 2.45) is 0 Å². The highest BCUT2D eigenvalue weighted by Crippen LogP contribution is 2.31. The molecule has 1 fully saturated rings. The van der Waals surface area contributed by atoms with E-state index in [0.717, 1.165) is 29.8 Å². The lowest BCUT2D eigenvalue weighted by atomic mass is 10.0. The molecule has 1 aliphatic rings. The molecule has 0 bridgehead atoms. The van der Waals surface area contributed by atoms with E-state index in [4.69, 9.17) is 16.3 Å². The third-order valence-corrected chi connectivity index (χ3v) is 4.16. The number of rotatable bonds is 2. The molecule has 0 atom stereocenters. The van der Waals surface area contributed by atoms with Gasteiger partial charge in [0.05, 0.1) is 18.8 Å². The monoisotopic (exact) mass is 317 g/mol. The summed E-state index contributed by atoms with van der Waals surface area (Å²) in [4.78, 5) is 2.39. The Hall–Kier alpha value is -0.250. The van der Waals surface area contributed by atoms with Crippen LogP contribution in [0.1, 0.15) is 19.4 Å². The van der Waals surface area contributed by atoms with Crippen LogP contribution in [-0.2, 0) is 10.6 Å². The Balaban J connectivity index is 2.30. The van der Waals surface area contributed by atoms with Crippen LogP contribution in [0.3, 0.4) is 0 Å². The van der Waals surface area contributed by atoms with Crippen LogP contribution in [-0.4, -0.2) is 25.3 Å². The van der Waals surface area contributed by atoms with Gasteiger partial charge in [0.2, 0.25) is 0 Å². The van der Waals surface area contributed by atoms with Crippen molar-refractivity contribution < 1.29 is 4.74 Å². The highest BCUT2D eigenvalue weighted by molar-refractivity contribution is 9.10. The molecule has 0 spiro atoms. The van der Waals surface area contributed by atoms with Crippen LogP contribution in [0.15, 0.2) is 22.7 Å². The fourth-order valence-corrected chi connectivity index (χ4v) is 3.05. The van der Waals surface area contributed by atoms with Crippen molar-refractivity contribution in [1.82, 2.24) is 0 Å². The molecular formula is C13H17BrClNO. The number of morpholine rings is 1. The minimum absolute atomic E-state index is 0.0418. The van der Waals surface area contributed by atoms with Gasteiger partial charge in [-0.25, -0.2) is 0 Å². The topological polar surface area (TPSA) is 12.5 Å². The van der Waals surface area contributed by atoms with Gasteiger partial charge in [-0.3, -0.25) is 0 Å². The summed E-state index contributed by atoms with van der Waals surface area (Å²) in [5.41, 5.74) is 2.39. The second kappa shape index (κ2) is 5.17. The van der Waals surface area contributed by atoms with Gasteiger partial charge in [-0.15, -0.1) is 11.6 Å². The van der Waals surface area contributed by atoms with Crippen LogP contribution in [0, 0.1) is 0 Å². The van der Waals surface area contributed by atoms with Crippen molar-refractivity contribution >= 4 is 33.2 Å². The Labute approximate surface area is 116 Å². The normalized spacial score (nSPS) is 19.4. The van der Waals surface area contributed by atoms with Crippen LogP contribution in [0.2, 0.25) is 0 Å². The van der Waals surface area contributed by atoms with Gasteiger partial charge in [0, 0.05) is 22.6 Å². The molecular weight excluding hydrogens is 302 g/mol. The maximum Gasteiger partial charge on any atom is 0.0694 e. The average Bonchev–Trinajstić information content (AvgIpc) is 2.28. The summed E-state index contributed by atoms with van der Waals surface area (Å²) in [6.45, 7) is 6.89. The molecule has 94 valence electrons. The first-order valence-corrected chi connectivity index (χ1v) is 7.07. The number of alkyl halides is 1. The van der Waals surface area contributed by atoms with E-state index in [-0.39, 0.29) is 5.54 Å². The average molecular weight is 319 g/mol. The van der Waals surface area contributed by atoms with Gasteiger partial charge in [-0.1, -0.05) is 22.0 Å². The number of nitrogens with zero attached hydrogens (tertiary/aromatic N) is 1. The molecule has 1 saturated heterocycles. The number of anilines is 1. The summed E-state index contributed by atoms with van der Waals surface area (Å²) in [6, 6.07) is 6.36. The lowest BCUT2D eigenvalue weighted by molar-refractivity contribution is 0.0644. The zero-order chi connectivity index (χ0) is 12.5. The first-order chi connectivity index (χ1) is 8.04. The van der Waals surface area contributed by atoms with E-state index < -0.39 is 0 Å². The largest absolute Gasteiger partial charge is 0.377 e. The third kappa shape index (κ3) is 2.78. The molecule has 0 saturated carbocycles. The van der Waals surface area contributed by atoms with Crippen molar-refractivity contribution in [3.05, 3.63) is 28.2 Å². The molecule has 2 rings (SSSR count). The minimum atomic E-state index is 0.0418. The van der Waals surface area contributed by atoms with Gasteiger partial charge < -0.3 is 9.64 Å². The predicted octanol–water partition coefficient (Wildman–Crippen LogP) is 3.80. The summed E-state index contributed by atoms with van der Waals surface area (Å²) in [5, 5.41) is 0. The molecule has 1 aliphatic heterocycles. The Bertz CT molecular complexity index is 408. The number of ether oxygens (including phenoxy) is 1. The van der Waals surface area contributed by atoms with Gasteiger partial charge in [0.25, 0.3) is 0 Å². The zero-order valence-corrected chi connectivity index (χ0v) is 12.5. The molecule has 1 aromatic rings. The van der Waals surface area contributed by atoms with Gasteiger partial charge in [0.1, 0.15) is 0 Å². The molecule has 0 N–H and O–H groups in total. The van der Waals surface area contributed by atoms with Gasteiger partial charge in [0.15, 0.2) is 0 Å². The third-order valence-electron chi connectivity index (χ3n) is 3.14. The van der Waals surface area contributed by atoms with Crippen LogP contribution in [0.5, 0.6) is 0 Å². The molecule has 1 aromatic carbocycles. The maximum atomic E-state index is 5.86. The van der Waals surface area contributed by atoms with Crippen molar-refractivity contribution in [3.63, 3.8) is 0 Å². The summed E-state index contributed by atoms with van der Waals surface area (Å²) in [5.74, 6) is 0.535. The van der Waals surface area contributed by atoms with Crippen molar-refractivity contribution in [3.8, 4) is 0 Å². The second-order valence-electron chi connectivity index (χ2n) is 4.93. The standard InChI is InChI=1S/C13H17BrClNO/c1-13(2)9-17-6-5-16(13)11-4-3-10(8-15)12(14)7-11/h3-4,7H,5-6,8-9H2,1-2H3. The Morgan fingerprint density at radius 1 is 1.47 bits per heavy atom. The number of benzene rings is 1. The van der Waals surface area contributed by atoms with E-state index in [1.165, 1.54) is 5.69 Å². The minimum Gasteiger partial charge on any atom is -0.377 e. The van der Waals surface area contributed by atoms with E-state index in [9.17, 15) is 0 Å². The Kier molecular flexibility index (Phi) is 4.01. The lowest BCUT2D eigenvalue weighted by Gasteiger charge is -2.44. The van der Waals surface area contributed by atoms with Crippen LogP contribution in [0.4, 0.5) is 5.69 Å². The summed E-state index contributed by atoms with van der Waals surface area (Å²) in [7, 11) is 0. The van der Waals surface area contributed by atoms with Crippen molar-refractivity contribution in [2.45, 2.75) is 25.3 Å². The second-order valence-corrected chi connectivity index (χ2v) is 6.05. The first-order valence-electron chi connectivity index (χ1n) is 5.74. The van der Waals surface area contributed by atoms with Crippen molar-refractivity contribution in [2.75, 3.05) is 24.7 Å². The number of hydrogen-bond acceptors (Lipinski definition) is 2. The molecule has 0 radical (unpaired) electrons. The lowest BCUT2D eigenvalue weighted by Crippen LogP contribution is -2.53. The summed E-state index contributed by atoms with van der Waals surface area (Å²) in [6.07, 6.45) is 0. The zero-order valence-electron chi connectivity index (χ0n) is 10.2. The molecule has 17 heavy (non-hydrogen) atoms. The smallest absolute Gasteiger partial charge is 0.0694 e. The highest BCUT2D eigenvalue weighted by atomic mass is 79.9. The van der Waals surface area contributed by atoms with Crippen LogP contribution >= 0.6 is 27.5 Å². The van der Waals surface area contributed by atoms with E-state index >= 15 is 0 Å². The quantitative estimate of drug-likeness (QED) is 0.769. The van der Waals surface area contributed by atoms with Crippen LogP contribution < -0.4 is 4.90 Å². The van der Waals surface area contributed by atoms with E-state index in [1.807, 2.05) is 0 Å². The fourth-order valence-electron chi connectivity index (χ4n) is 2.15.